The molecule has 2 aromatic rings. The first-order valence-electron chi connectivity index (χ1n) is 9.31. The van der Waals surface area contributed by atoms with Gasteiger partial charge in [0.05, 0.1) is 5.02 Å². The van der Waals surface area contributed by atoms with Crippen LogP contribution in [-0.2, 0) is 16.0 Å². The third kappa shape index (κ3) is 5.06. The van der Waals surface area contributed by atoms with Gasteiger partial charge in [-0.25, -0.2) is 4.79 Å². The molecule has 5 nitrogen and oxygen atoms in total. The van der Waals surface area contributed by atoms with E-state index in [9.17, 15) is 19.8 Å². The maximum atomic E-state index is 13.0. The molecule has 0 amide bonds. The van der Waals surface area contributed by atoms with Gasteiger partial charge in [-0.1, -0.05) is 60.2 Å². The lowest BCUT2D eigenvalue weighted by molar-refractivity contribution is -0.114. The highest BCUT2D eigenvalue weighted by molar-refractivity contribution is 6.33. The Labute approximate surface area is 173 Å². The molecule has 3 rings (SSSR count). The minimum absolute atomic E-state index is 0.0447. The Morgan fingerprint density at radius 2 is 1.69 bits per heavy atom. The van der Waals surface area contributed by atoms with E-state index in [-0.39, 0.29) is 28.4 Å². The van der Waals surface area contributed by atoms with E-state index in [1.54, 1.807) is 6.08 Å². The molecule has 29 heavy (non-hydrogen) atoms. The minimum atomic E-state index is -0.810. The number of allylic oxidation sites excluding steroid dienone is 3. The molecule has 0 spiro atoms. The van der Waals surface area contributed by atoms with Gasteiger partial charge in [0, 0.05) is 24.5 Å². The molecule has 150 valence electrons. The van der Waals surface area contributed by atoms with Gasteiger partial charge in [0.1, 0.15) is 23.2 Å². The van der Waals surface area contributed by atoms with Crippen LogP contribution in [0.4, 0.5) is 0 Å². The van der Waals surface area contributed by atoms with Crippen LogP contribution in [0.3, 0.4) is 0 Å². The number of hydrogen-bond donors (Lipinski definition) is 2. The number of aromatic hydroxyl groups is 2. The van der Waals surface area contributed by atoms with Crippen LogP contribution in [0.1, 0.15) is 46.9 Å². The highest BCUT2D eigenvalue weighted by atomic mass is 35.5. The molecule has 2 N–H and O–H groups in total. The van der Waals surface area contributed by atoms with Crippen LogP contribution in [0.5, 0.6) is 11.5 Å². The van der Waals surface area contributed by atoms with E-state index in [4.69, 9.17) is 16.3 Å². The number of hydrogen-bond acceptors (Lipinski definition) is 5. The number of carbonyl (C=O) groups excluding carboxylic acids is 2. The predicted octanol–water partition coefficient (Wildman–Crippen LogP) is 5.06. The molecule has 0 aromatic heterocycles. The molecular formula is C23H21ClO5. The standard InChI is InChI=1S/C23H21ClO5/c24-22-17-13-16(25)11-7-2-1-3-8-12-20(15-9-5-4-6-10-15)29-23(28)21(17)18(26)14-19(22)27/h3-11,14,20,26-27H,1-2,12-13H2/b8-3+,11-7+/t20-/m1/s1. The average Bonchev–Trinajstić information content (AvgIpc) is 2.70. The van der Waals surface area contributed by atoms with Crippen LogP contribution in [0.15, 0.2) is 60.7 Å². The quantitative estimate of drug-likeness (QED) is 0.505. The lowest BCUT2D eigenvalue weighted by Crippen LogP contribution is -2.15. The third-order valence-corrected chi connectivity index (χ3v) is 5.04. The zero-order chi connectivity index (χ0) is 20.8. The summed E-state index contributed by atoms with van der Waals surface area (Å²) in [4.78, 5) is 25.3. The van der Waals surface area contributed by atoms with Crippen molar-refractivity contribution in [2.24, 2.45) is 0 Å². The number of phenols is 2. The summed E-state index contributed by atoms with van der Waals surface area (Å²) in [6, 6.07) is 10.2. The Kier molecular flexibility index (Phi) is 6.73. The van der Waals surface area contributed by atoms with E-state index in [0.717, 1.165) is 18.1 Å². The summed E-state index contributed by atoms with van der Waals surface area (Å²) in [5.74, 6) is -2.00. The molecule has 0 aliphatic carbocycles. The molecule has 1 aliphatic heterocycles. The highest BCUT2D eigenvalue weighted by Crippen LogP contribution is 2.38. The number of halogens is 1. The Balaban J connectivity index is 2.06. The van der Waals surface area contributed by atoms with Gasteiger partial charge >= 0.3 is 5.97 Å². The predicted molar refractivity (Wildman–Crippen MR) is 110 cm³/mol. The number of phenolic OH excluding ortho intramolecular Hbond substituents is 2. The van der Waals surface area contributed by atoms with Gasteiger partial charge in [0.25, 0.3) is 0 Å². The molecule has 1 aliphatic rings. The molecule has 0 radical (unpaired) electrons. The van der Waals surface area contributed by atoms with Crippen LogP contribution in [-0.4, -0.2) is 22.0 Å². The summed E-state index contributed by atoms with van der Waals surface area (Å²) in [5, 5.41) is 20.1. The number of fused-ring (bicyclic) bond motifs is 1. The molecular weight excluding hydrogens is 392 g/mol. The Hall–Kier alpha value is -3.05. The van der Waals surface area contributed by atoms with Crippen molar-refractivity contribution < 1.29 is 24.5 Å². The van der Waals surface area contributed by atoms with Crippen molar-refractivity contribution in [2.45, 2.75) is 31.8 Å². The summed E-state index contributed by atoms with van der Waals surface area (Å²) < 4.78 is 5.70. The number of cyclic esters (lactones) is 1. The fourth-order valence-corrected chi connectivity index (χ4v) is 3.38. The van der Waals surface area contributed by atoms with Gasteiger partial charge in [0.2, 0.25) is 0 Å². The summed E-state index contributed by atoms with van der Waals surface area (Å²) in [5.41, 5.74) is 0.638. The van der Waals surface area contributed by atoms with Gasteiger partial charge in [-0.15, -0.1) is 0 Å². The molecule has 0 saturated carbocycles. The molecule has 0 bridgehead atoms. The van der Waals surface area contributed by atoms with Crippen molar-refractivity contribution in [3.05, 3.63) is 82.4 Å². The zero-order valence-electron chi connectivity index (χ0n) is 15.7. The van der Waals surface area contributed by atoms with Crippen molar-refractivity contribution in [2.75, 3.05) is 0 Å². The molecule has 1 atom stereocenters. The number of ether oxygens (including phenoxy) is 1. The fraction of sp³-hybridized carbons (Fsp3) is 0.217. The van der Waals surface area contributed by atoms with E-state index in [1.165, 1.54) is 6.08 Å². The summed E-state index contributed by atoms with van der Waals surface area (Å²) >= 11 is 6.16. The van der Waals surface area contributed by atoms with E-state index < -0.39 is 23.6 Å². The van der Waals surface area contributed by atoms with Crippen molar-refractivity contribution in [1.82, 2.24) is 0 Å². The van der Waals surface area contributed by atoms with Crippen LogP contribution >= 0.6 is 11.6 Å². The Morgan fingerprint density at radius 1 is 0.966 bits per heavy atom. The lowest BCUT2D eigenvalue weighted by atomic mass is 9.99. The van der Waals surface area contributed by atoms with E-state index in [1.807, 2.05) is 42.5 Å². The van der Waals surface area contributed by atoms with E-state index in [0.29, 0.717) is 12.8 Å². The smallest absolute Gasteiger partial charge is 0.342 e. The normalized spacial score (nSPS) is 20.2. The van der Waals surface area contributed by atoms with Crippen molar-refractivity contribution >= 4 is 23.4 Å². The monoisotopic (exact) mass is 412 g/mol. The summed E-state index contributed by atoms with van der Waals surface area (Å²) in [6.07, 6.45) is 8.15. The first-order chi connectivity index (χ1) is 14.0. The Morgan fingerprint density at radius 3 is 2.45 bits per heavy atom. The van der Waals surface area contributed by atoms with E-state index in [2.05, 4.69) is 0 Å². The SMILES string of the molecule is O=C1/C=C/CC/C=C/C[C@H](c2ccccc2)OC(=O)c2c(O)cc(O)c(Cl)c2C1. The third-order valence-electron chi connectivity index (χ3n) is 4.62. The molecule has 6 heteroatoms. The first kappa shape index (κ1) is 20.7. The number of rotatable bonds is 1. The molecule has 0 fully saturated rings. The van der Waals surface area contributed by atoms with Crippen LogP contribution in [0.25, 0.3) is 0 Å². The number of ketones is 1. The van der Waals surface area contributed by atoms with E-state index >= 15 is 0 Å². The molecule has 0 unspecified atom stereocenters. The van der Waals surface area contributed by atoms with Gasteiger partial charge in [0.15, 0.2) is 5.78 Å². The Bertz CT molecular complexity index is 963. The minimum Gasteiger partial charge on any atom is -0.507 e. The lowest BCUT2D eigenvalue weighted by Gasteiger charge is -2.19. The van der Waals surface area contributed by atoms with Crippen molar-refractivity contribution in [3.8, 4) is 11.5 Å². The molecule has 1 heterocycles. The summed E-state index contributed by atoms with van der Waals surface area (Å²) in [6.45, 7) is 0. The highest BCUT2D eigenvalue weighted by Gasteiger charge is 2.27. The fourth-order valence-electron chi connectivity index (χ4n) is 3.16. The van der Waals surface area contributed by atoms with Gasteiger partial charge in [-0.05, 0) is 24.5 Å². The van der Waals surface area contributed by atoms with Crippen LogP contribution < -0.4 is 0 Å². The van der Waals surface area contributed by atoms with Crippen LogP contribution in [0.2, 0.25) is 5.02 Å². The number of benzene rings is 2. The number of esters is 1. The maximum Gasteiger partial charge on any atom is 0.342 e. The van der Waals surface area contributed by atoms with Crippen molar-refractivity contribution in [1.29, 1.82) is 0 Å². The van der Waals surface area contributed by atoms with Gasteiger partial charge < -0.3 is 14.9 Å². The largest absolute Gasteiger partial charge is 0.507 e. The summed E-state index contributed by atoms with van der Waals surface area (Å²) in [7, 11) is 0. The zero-order valence-corrected chi connectivity index (χ0v) is 16.4. The number of carbonyl (C=O) groups is 2. The molecule has 0 saturated heterocycles. The first-order valence-corrected chi connectivity index (χ1v) is 9.68. The average molecular weight is 413 g/mol. The second kappa shape index (κ2) is 9.43. The molecule has 2 aromatic carbocycles. The second-order valence-corrected chi connectivity index (χ2v) is 7.09. The second-order valence-electron chi connectivity index (χ2n) is 6.72. The topological polar surface area (TPSA) is 83.8 Å². The maximum absolute atomic E-state index is 13.0. The van der Waals surface area contributed by atoms with Gasteiger partial charge in [-0.3, -0.25) is 4.79 Å². The van der Waals surface area contributed by atoms with Crippen LogP contribution in [0, 0.1) is 0 Å². The van der Waals surface area contributed by atoms with Gasteiger partial charge in [-0.2, -0.15) is 0 Å². The van der Waals surface area contributed by atoms with Crippen molar-refractivity contribution in [3.63, 3.8) is 0 Å².